The number of morpholine rings is 1. The standard InChI is InChI=1S/C32H33F3N6O2/c1-22-19-42-17-16-41(22)31-26-14-15-40(21-32(33,34)35)18-27(26)37-30(39-31)24-10-12-25(13-11-24)36-28-8-5-9-29(38-28)43-20-23-6-3-2-4-7-23/h2-13,22H,14-21H2,1H3,(H,36,38)/t22-/m0/s1. The number of halogens is 3. The maximum absolute atomic E-state index is 13.2. The van der Waals surface area contributed by atoms with Gasteiger partial charge in [0, 0.05) is 42.5 Å². The number of hydrogen-bond donors (Lipinski definition) is 1. The third-order valence-electron chi connectivity index (χ3n) is 7.53. The van der Waals surface area contributed by atoms with E-state index in [1.54, 1.807) is 0 Å². The number of alkyl halides is 3. The normalized spacial score (nSPS) is 17.4. The molecule has 1 atom stereocenters. The van der Waals surface area contributed by atoms with Crippen LogP contribution in [0.4, 0.5) is 30.5 Å². The number of rotatable bonds is 8. The lowest BCUT2D eigenvalue weighted by atomic mass is 10.0. The third-order valence-corrected chi connectivity index (χ3v) is 7.53. The first-order valence-corrected chi connectivity index (χ1v) is 14.4. The van der Waals surface area contributed by atoms with E-state index in [0.29, 0.717) is 62.5 Å². The molecule has 4 heterocycles. The van der Waals surface area contributed by atoms with Gasteiger partial charge in [-0.1, -0.05) is 36.4 Å². The summed E-state index contributed by atoms with van der Waals surface area (Å²) in [6.07, 6.45) is -3.80. The SMILES string of the molecule is C[C@H]1COCCN1c1nc(-c2ccc(Nc3cccc(OCc4ccccc4)n3)cc2)nc2c1CCN(CC(F)(F)F)C2. The first kappa shape index (κ1) is 28.9. The second-order valence-corrected chi connectivity index (χ2v) is 10.8. The van der Waals surface area contributed by atoms with E-state index < -0.39 is 12.7 Å². The second-order valence-electron chi connectivity index (χ2n) is 10.8. The molecule has 224 valence electrons. The fourth-order valence-electron chi connectivity index (χ4n) is 5.41. The van der Waals surface area contributed by atoms with Gasteiger partial charge in [0.25, 0.3) is 0 Å². The highest BCUT2D eigenvalue weighted by Crippen LogP contribution is 2.33. The largest absolute Gasteiger partial charge is 0.473 e. The van der Waals surface area contributed by atoms with Crippen molar-refractivity contribution in [2.45, 2.75) is 38.7 Å². The Kier molecular flexibility index (Phi) is 8.44. The zero-order valence-corrected chi connectivity index (χ0v) is 23.8. The zero-order chi connectivity index (χ0) is 29.8. The molecule has 2 aliphatic heterocycles. The van der Waals surface area contributed by atoms with E-state index in [1.807, 2.05) is 72.8 Å². The average Bonchev–Trinajstić information content (AvgIpc) is 3.00. The van der Waals surface area contributed by atoms with Crippen molar-refractivity contribution in [1.29, 1.82) is 0 Å². The maximum Gasteiger partial charge on any atom is 0.401 e. The van der Waals surface area contributed by atoms with Gasteiger partial charge >= 0.3 is 6.18 Å². The van der Waals surface area contributed by atoms with Crippen LogP contribution in [0.1, 0.15) is 23.7 Å². The molecule has 1 saturated heterocycles. The number of nitrogens with one attached hydrogen (secondary N) is 1. The molecule has 4 aromatic rings. The van der Waals surface area contributed by atoms with Gasteiger partial charge in [-0.25, -0.2) is 9.97 Å². The molecule has 2 aliphatic rings. The summed E-state index contributed by atoms with van der Waals surface area (Å²) in [6.45, 7) is 3.79. The molecule has 0 saturated carbocycles. The Morgan fingerprint density at radius 3 is 2.53 bits per heavy atom. The van der Waals surface area contributed by atoms with Gasteiger partial charge in [-0.15, -0.1) is 0 Å². The molecule has 0 aliphatic carbocycles. The van der Waals surface area contributed by atoms with E-state index in [0.717, 1.165) is 28.2 Å². The summed E-state index contributed by atoms with van der Waals surface area (Å²) < 4.78 is 51.1. The minimum absolute atomic E-state index is 0.0975. The Balaban J connectivity index is 1.22. The lowest BCUT2D eigenvalue weighted by Crippen LogP contribution is -2.46. The monoisotopic (exact) mass is 590 g/mol. The van der Waals surface area contributed by atoms with Crippen molar-refractivity contribution in [2.75, 3.05) is 43.1 Å². The van der Waals surface area contributed by atoms with Crippen LogP contribution in [0.5, 0.6) is 5.88 Å². The van der Waals surface area contributed by atoms with E-state index >= 15 is 0 Å². The third kappa shape index (κ3) is 7.23. The molecule has 43 heavy (non-hydrogen) atoms. The van der Waals surface area contributed by atoms with Crippen molar-refractivity contribution in [3.8, 4) is 17.3 Å². The quantitative estimate of drug-likeness (QED) is 0.268. The predicted octanol–water partition coefficient (Wildman–Crippen LogP) is 6.01. The Labute approximate surface area is 248 Å². The van der Waals surface area contributed by atoms with E-state index in [9.17, 15) is 13.2 Å². The first-order chi connectivity index (χ1) is 20.8. The summed E-state index contributed by atoms with van der Waals surface area (Å²) in [7, 11) is 0. The maximum atomic E-state index is 13.2. The van der Waals surface area contributed by atoms with E-state index in [4.69, 9.17) is 19.4 Å². The van der Waals surface area contributed by atoms with Crippen molar-refractivity contribution >= 4 is 17.3 Å². The highest BCUT2D eigenvalue weighted by Gasteiger charge is 2.34. The molecule has 0 bridgehead atoms. The number of fused-ring (bicyclic) bond motifs is 1. The first-order valence-electron chi connectivity index (χ1n) is 14.4. The molecule has 1 fully saturated rings. The number of nitrogens with zero attached hydrogens (tertiary/aromatic N) is 5. The van der Waals surface area contributed by atoms with Gasteiger partial charge in [-0.2, -0.15) is 18.2 Å². The molecule has 2 aromatic carbocycles. The number of pyridine rings is 1. The van der Waals surface area contributed by atoms with Gasteiger partial charge in [0.1, 0.15) is 18.2 Å². The van der Waals surface area contributed by atoms with Crippen LogP contribution in [0.15, 0.2) is 72.8 Å². The molecule has 1 N–H and O–H groups in total. The summed E-state index contributed by atoms with van der Waals surface area (Å²) in [5, 5.41) is 3.30. The van der Waals surface area contributed by atoms with Crippen LogP contribution in [-0.2, 0) is 24.3 Å². The van der Waals surface area contributed by atoms with Crippen LogP contribution in [0.25, 0.3) is 11.4 Å². The summed E-state index contributed by atoms with van der Waals surface area (Å²) in [4.78, 5) is 17.9. The van der Waals surface area contributed by atoms with Gasteiger partial charge in [0.05, 0.1) is 31.5 Å². The summed E-state index contributed by atoms with van der Waals surface area (Å²) in [6, 6.07) is 23.2. The fourth-order valence-corrected chi connectivity index (χ4v) is 5.41. The Morgan fingerprint density at radius 1 is 0.953 bits per heavy atom. The van der Waals surface area contributed by atoms with Crippen molar-refractivity contribution in [3.05, 3.63) is 89.6 Å². The van der Waals surface area contributed by atoms with E-state index in [-0.39, 0.29) is 12.6 Å². The fraction of sp³-hybridized carbons (Fsp3) is 0.344. The minimum atomic E-state index is -4.26. The zero-order valence-electron chi connectivity index (χ0n) is 23.8. The van der Waals surface area contributed by atoms with Gasteiger partial charge < -0.3 is 19.7 Å². The van der Waals surface area contributed by atoms with Gasteiger partial charge in [-0.3, -0.25) is 4.90 Å². The molecule has 0 spiro atoms. The van der Waals surface area contributed by atoms with Crippen molar-refractivity contribution < 1.29 is 22.6 Å². The van der Waals surface area contributed by atoms with Crippen molar-refractivity contribution in [3.63, 3.8) is 0 Å². The Hall–Kier alpha value is -4.22. The minimum Gasteiger partial charge on any atom is -0.473 e. The molecule has 6 rings (SSSR count). The molecule has 2 aromatic heterocycles. The number of benzene rings is 2. The molecule has 8 nitrogen and oxygen atoms in total. The molecule has 0 unspecified atom stereocenters. The lowest BCUT2D eigenvalue weighted by Gasteiger charge is -2.38. The van der Waals surface area contributed by atoms with Crippen LogP contribution in [0.2, 0.25) is 0 Å². The van der Waals surface area contributed by atoms with Crippen LogP contribution in [0, 0.1) is 0 Å². The highest BCUT2D eigenvalue weighted by atomic mass is 19.4. The Bertz CT molecular complexity index is 1530. The molecule has 11 heteroatoms. The van der Waals surface area contributed by atoms with Crippen LogP contribution < -0.4 is 15.0 Å². The summed E-state index contributed by atoms with van der Waals surface area (Å²) >= 11 is 0. The van der Waals surface area contributed by atoms with Gasteiger partial charge in [0.2, 0.25) is 5.88 Å². The molecule has 0 amide bonds. The van der Waals surface area contributed by atoms with E-state index in [2.05, 4.69) is 22.1 Å². The lowest BCUT2D eigenvalue weighted by molar-refractivity contribution is -0.147. The number of anilines is 3. The van der Waals surface area contributed by atoms with Crippen LogP contribution >= 0.6 is 0 Å². The van der Waals surface area contributed by atoms with Crippen molar-refractivity contribution in [1.82, 2.24) is 19.9 Å². The number of hydrogen-bond acceptors (Lipinski definition) is 8. The van der Waals surface area contributed by atoms with E-state index in [1.165, 1.54) is 4.90 Å². The molecule has 0 radical (unpaired) electrons. The van der Waals surface area contributed by atoms with Crippen LogP contribution in [0.3, 0.4) is 0 Å². The predicted molar refractivity (Wildman–Crippen MR) is 158 cm³/mol. The van der Waals surface area contributed by atoms with Crippen LogP contribution in [-0.4, -0.2) is 64.9 Å². The second kappa shape index (κ2) is 12.6. The molecular weight excluding hydrogens is 557 g/mol. The summed E-state index contributed by atoms with van der Waals surface area (Å²) in [5.74, 6) is 2.43. The van der Waals surface area contributed by atoms with Crippen molar-refractivity contribution in [2.24, 2.45) is 0 Å². The number of ether oxygens (including phenoxy) is 2. The van der Waals surface area contributed by atoms with Gasteiger partial charge in [0.15, 0.2) is 5.82 Å². The van der Waals surface area contributed by atoms with Gasteiger partial charge in [-0.05, 0) is 49.2 Å². The smallest absolute Gasteiger partial charge is 0.401 e. The molecular formula is C32H33F3N6O2. The number of aromatic nitrogens is 3. The average molecular weight is 591 g/mol. The summed E-state index contributed by atoms with van der Waals surface area (Å²) in [5.41, 5.74) is 4.22. The topological polar surface area (TPSA) is 75.6 Å². The highest BCUT2D eigenvalue weighted by molar-refractivity contribution is 5.66. The Morgan fingerprint density at radius 2 is 1.77 bits per heavy atom.